The highest BCUT2D eigenvalue weighted by atomic mass is 19.2. The van der Waals surface area contributed by atoms with Crippen LogP contribution in [0.4, 0.5) is 18.9 Å². The highest BCUT2D eigenvalue weighted by Gasteiger charge is 2.16. The molecule has 0 aliphatic heterocycles. The van der Waals surface area contributed by atoms with Crippen LogP contribution in [0, 0.1) is 17.5 Å². The lowest BCUT2D eigenvalue weighted by Gasteiger charge is -2.09. The van der Waals surface area contributed by atoms with Gasteiger partial charge in [-0.3, -0.25) is 9.59 Å². The van der Waals surface area contributed by atoms with Gasteiger partial charge in [-0.2, -0.15) is 0 Å². The van der Waals surface area contributed by atoms with Crippen molar-refractivity contribution in [1.29, 1.82) is 0 Å². The van der Waals surface area contributed by atoms with E-state index in [-0.39, 0.29) is 11.5 Å². The van der Waals surface area contributed by atoms with Crippen LogP contribution in [0.5, 0.6) is 5.75 Å². The molecule has 1 N–H and O–H groups in total. The van der Waals surface area contributed by atoms with E-state index in [1.54, 1.807) is 12.1 Å². The molecule has 0 bridgehead atoms. The maximum atomic E-state index is 13.4. The Morgan fingerprint density at radius 3 is 2.44 bits per heavy atom. The number of hydrogen-bond donors (Lipinski definition) is 1. The molecule has 1 amide bonds. The first kappa shape index (κ1) is 20.0. The fraction of sp³-hybridized carbons (Fsp3) is 0.167. The van der Waals surface area contributed by atoms with Gasteiger partial charge in [-0.25, -0.2) is 18.0 Å². The van der Waals surface area contributed by atoms with Crippen molar-refractivity contribution in [2.24, 2.45) is 0 Å². The number of halogens is 3. The molecule has 0 unspecified atom stereocenters. The minimum Gasteiger partial charge on any atom is -0.482 e. The molecule has 0 saturated heterocycles. The van der Waals surface area contributed by atoms with Crippen molar-refractivity contribution < 1.29 is 37.0 Å². The number of ketones is 1. The molecule has 6 nitrogen and oxygen atoms in total. The Bertz CT molecular complexity index is 885. The SMILES string of the molecule is CC(=O)c1cccc(OCC(=O)OCC(=O)Nc2ccc(F)c(F)c2F)c1. The molecule has 142 valence electrons. The van der Waals surface area contributed by atoms with Gasteiger partial charge >= 0.3 is 5.97 Å². The summed E-state index contributed by atoms with van der Waals surface area (Å²) in [6, 6.07) is 7.59. The Hall–Kier alpha value is -3.36. The fourth-order valence-electron chi connectivity index (χ4n) is 1.94. The minimum absolute atomic E-state index is 0.177. The average Bonchev–Trinajstić information content (AvgIpc) is 2.65. The number of Topliss-reactive ketones (excluding diaryl/α,β-unsaturated/α-hetero) is 1. The van der Waals surface area contributed by atoms with E-state index in [9.17, 15) is 27.6 Å². The van der Waals surface area contributed by atoms with Crippen molar-refractivity contribution in [3.8, 4) is 5.75 Å². The largest absolute Gasteiger partial charge is 0.482 e. The van der Waals surface area contributed by atoms with Crippen LogP contribution in [-0.4, -0.2) is 30.9 Å². The molecule has 2 rings (SSSR count). The molecule has 0 aliphatic rings. The van der Waals surface area contributed by atoms with Gasteiger partial charge in [-0.1, -0.05) is 12.1 Å². The van der Waals surface area contributed by atoms with Crippen molar-refractivity contribution in [2.75, 3.05) is 18.5 Å². The smallest absolute Gasteiger partial charge is 0.344 e. The lowest BCUT2D eigenvalue weighted by Crippen LogP contribution is -2.24. The number of ether oxygens (including phenoxy) is 2. The molecule has 0 atom stereocenters. The summed E-state index contributed by atoms with van der Waals surface area (Å²) in [5.41, 5.74) is -0.193. The molecule has 0 spiro atoms. The quantitative estimate of drug-likeness (QED) is 0.453. The van der Waals surface area contributed by atoms with Crippen LogP contribution in [0.15, 0.2) is 36.4 Å². The highest BCUT2D eigenvalue weighted by Crippen LogP contribution is 2.19. The first-order chi connectivity index (χ1) is 12.8. The molecule has 0 radical (unpaired) electrons. The molecule has 0 heterocycles. The number of rotatable bonds is 7. The summed E-state index contributed by atoms with van der Waals surface area (Å²) in [6.45, 7) is 0.0596. The van der Waals surface area contributed by atoms with E-state index in [1.165, 1.54) is 19.1 Å². The van der Waals surface area contributed by atoms with Gasteiger partial charge in [0.25, 0.3) is 5.91 Å². The fourth-order valence-corrected chi connectivity index (χ4v) is 1.94. The Labute approximate surface area is 151 Å². The van der Waals surface area contributed by atoms with Crippen LogP contribution < -0.4 is 10.1 Å². The zero-order valence-corrected chi connectivity index (χ0v) is 14.1. The summed E-state index contributed by atoms with van der Waals surface area (Å²) in [6.07, 6.45) is 0. The molecule has 2 aromatic rings. The average molecular weight is 381 g/mol. The van der Waals surface area contributed by atoms with Crippen molar-refractivity contribution in [3.05, 3.63) is 59.4 Å². The lowest BCUT2D eigenvalue weighted by atomic mass is 10.1. The topological polar surface area (TPSA) is 81.7 Å². The summed E-state index contributed by atoms with van der Waals surface area (Å²) in [4.78, 5) is 34.5. The van der Waals surface area contributed by atoms with E-state index in [1.807, 2.05) is 5.32 Å². The summed E-state index contributed by atoms with van der Waals surface area (Å²) < 4.78 is 49.1. The first-order valence-electron chi connectivity index (χ1n) is 7.60. The number of hydrogen-bond acceptors (Lipinski definition) is 5. The van der Waals surface area contributed by atoms with Gasteiger partial charge in [0, 0.05) is 5.56 Å². The predicted molar refractivity (Wildman–Crippen MR) is 87.8 cm³/mol. The molecular weight excluding hydrogens is 367 g/mol. The van der Waals surface area contributed by atoms with Crippen molar-refractivity contribution in [1.82, 2.24) is 0 Å². The van der Waals surface area contributed by atoms with Crippen LogP contribution >= 0.6 is 0 Å². The third-order valence-electron chi connectivity index (χ3n) is 3.27. The number of esters is 1. The van der Waals surface area contributed by atoms with Gasteiger partial charge in [-0.05, 0) is 31.2 Å². The molecule has 0 fully saturated rings. The number of carbonyl (C=O) groups is 3. The maximum absolute atomic E-state index is 13.4. The van der Waals surface area contributed by atoms with Gasteiger partial charge < -0.3 is 14.8 Å². The van der Waals surface area contributed by atoms with Gasteiger partial charge in [0.15, 0.2) is 36.4 Å². The van der Waals surface area contributed by atoms with Crippen molar-refractivity contribution >= 4 is 23.3 Å². The standard InChI is InChI=1S/C18H14F3NO5/c1-10(23)11-3-2-4-12(7-11)26-9-16(25)27-8-15(24)22-14-6-5-13(19)17(20)18(14)21/h2-7H,8-9H2,1H3,(H,22,24). The molecule has 0 saturated carbocycles. The normalized spacial score (nSPS) is 10.2. The molecule has 0 aromatic heterocycles. The second-order valence-corrected chi connectivity index (χ2v) is 5.30. The third kappa shape index (κ3) is 5.56. The second kappa shape index (κ2) is 8.84. The number of nitrogens with one attached hydrogen (secondary N) is 1. The second-order valence-electron chi connectivity index (χ2n) is 5.30. The number of benzene rings is 2. The molecule has 0 aliphatic carbocycles. The third-order valence-corrected chi connectivity index (χ3v) is 3.27. The van der Waals surface area contributed by atoms with E-state index in [0.29, 0.717) is 11.6 Å². The van der Waals surface area contributed by atoms with Crippen LogP contribution in [0.1, 0.15) is 17.3 Å². The van der Waals surface area contributed by atoms with E-state index in [0.717, 1.165) is 6.07 Å². The van der Waals surface area contributed by atoms with Gasteiger partial charge in [0.1, 0.15) is 5.75 Å². The monoisotopic (exact) mass is 381 g/mol. The van der Waals surface area contributed by atoms with Gasteiger partial charge in [-0.15, -0.1) is 0 Å². The van der Waals surface area contributed by atoms with Crippen LogP contribution in [-0.2, 0) is 14.3 Å². The lowest BCUT2D eigenvalue weighted by molar-refractivity contribution is -0.149. The van der Waals surface area contributed by atoms with Crippen molar-refractivity contribution in [2.45, 2.75) is 6.92 Å². The van der Waals surface area contributed by atoms with E-state index < -0.39 is 48.2 Å². The summed E-state index contributed by atoms with van der Waals surface area (Å²) in [7, 11) is 0. The van der Waals surface area contributed by atoms with Crippen LogP contribution in [0.25, 0.3) is 0 Å². The van der Waals surface area contributed by atoms with Gasteiger partial charge in [0.2, 0.25) is 0 Å². The molecule has 9 heteroatoms. The van der Waals surface area contributed by atoms with Crippen LogP contribution in [0.2, 0.25) is 0 Å². The molecular formula is C18H14F3NO5. The minimum atomic E-state index is -1.73. The highest BCUT2D eigenvalue weighted by molar-refractivity contribution is 5.94. The Kier molecular flexibility index (Phi) is 6.53. The van der Waals surface area contributed by atoms with E-state index in [2.05, 4.69) is 4.74 Å². The summed E-state index contributed by atoms with van der Waals surface area (Å²) in [5, 5.41) is 1.95. The van der Waals surface area contributed by atoms with E-state index in [4.69, 9.17) is 4.74 Å². The molecule has 27 heavy (non-hydrogen) atoms. The Morgan fingerprint density at radius 2 is 1.74 bits per heavy atom. The summed E-state index contributed by atoms with van der Waals surface area (Å²) in [5.74, 6) is -6.47. The number of carbonyl (C=O) groups excluding carboxylic acids is 3. The zero-order chi connectivity index (χ0) is 20.0. The predicted octanol–water partition coefficient (Wildman–Crippen LogP) is 2.87. The van der Waals surface area contributed by atoms with Crippen molar-refractivity contribution in [3.63, 3.8) is 0 Å². The maximum Gasteiger partial charge on any atom is 0.344 e. The van der Waals surface area contributed by atoms with Gasteiger partial charge in [0.05, 0.1) is 5.69 Å². The number of amides is 1. The van der Waals surface area contributed by atoms with E-state index >= 15 is 0 Å². The zero-order valence-electron chi connectivity index (χ0n) is 14.1. The Balaban J connectivity index is 1.81. The first-order valence-corrected chi connectivity index (χ1v) is 7.60. The Morgan fingerprint density at radius 1 is 1.00 bits per heavy atom. The number of anilines is 1. The summed E-state index contributed by atoms with van der Waals surface area (Å²) >= 11 is 0. The van der Waals surface area contributed by atoms with Crippen LogP contribution in [0.3, 0.4) is 0 Å². The molecule has 2 aromatic carbocycles.